The van der Waals surface area contributed by atoms with E-state index in [1.54, 1.807) is 0 Å². The van der Waals surface area contributed by atoms with Gasteiger partial charge in [-0.05, 0) is 19.3 Å². The Morgan fingerprint density at radius 1 is 1.70 bits per heavy atom. The average Bonchev–Trinajstić information content (AvgIpc) is 2.12. The summed E-state index contributed by atoms with van der Waals surface area (Å²) in [5, 5.41) is 0. The third-order valence-corrected chi connectivity index (χ3v) is 4.76. The quantitative estimate of drug-likeness (QED) is 0.582. The molecule has 0 amide bonds. The van der Waals surface area contributed by atoms with Gasteiger partial charge < -0.3 is 4.52 Å². The van der Waals surface area contributed by atoms with Gasteiger partial charge >= 0.3 is 0 Å². The molecule has 0 saturated carbocycles. The van der Waals surface area contributed by atoms with Crippen LogP contribution < -0.4 is 0 Å². The minimum Gasteiger partial charge on any atom is -0.329 e. The first kappa shape index (κ1) is 8.29. The molecule has 1 aliphatic heterocycles. The highest BCUT2D eigenvalue weighted by Gasteiger charge is 2.31. The molecule has 0 radical (unpaired) electrons. The Balaban J connectivity index is 2.47. The van der Waals surface area contributed by atoms with E-state index in [1.807, 2.05) is 6.92 Å². The van der Waals surface area contributed by atoms with Crippen LogP contribution in [-0.4, -0.2) is 18.9 Å². The summed E-state index contributed by atoms with van der Waals surface area (Å²) in [6.45, 7) is 4.64. The first-order chi connectivity index (χ1) is 4.66. The van der Waals surface area contributed by atoms with Crippen LogP contribution in [0, 0.1) is 5.92 Å². The summed E-state index contributed by atoms with van der Waals surface area (Å²) in [5.41, 5.74) is 0. The summed E-state index contributed by atoms with van der Waals surface area (Å²) in [4.78, 5) is 0. The Hall–Kier alpha value is 0.190. The lowest BCUT2D eigenvalue weighted by Crippen LogP contribution is -1.93. The van der Waals surface area contributed by atoms with Gasteiger partial charge in [0.25, 0.3) is 0 Å². The predicted molar refractivity (Wildman–Crippen MR) is 42.7 cm³/mol. The summed E-state index contributed by atoms with van der Waals surface area (Å²) in [6, 6.07) is 0. The third-order valence-electron chi connectivity index (χ3n) is 1.92. The van der Waals surface area contributed by atoms with Crippen LogP contribution in [0.4, 0.5) is 0 Å². The van der Waals surface area contributed by atoms with Crippen LogP contribution in [-0.2, 0) is 9.09 Å². The molecule has 0 aliphatic carbocycles. The van der Waals surface area contributed by atoms with Gasteiger partial charge in [-0.1, -0.05) is 6.92 Å². The lowest BCUT2D eigenvalue weighted by atomic mass is 10.2. The second kappa shape index (κ2) is 3.06. The van der Waals surface area contributed by atoms with Crippen LogP contribution in [0.3, 0.4) is 0 Å². The topological polar surface area (TPSA) is 26.3 Å². The second-order valence-corrected chi connectivity index (χ2v) is 5.73. The highest BCUT2D eigenvalue weighted by Crippen LogP contribution is 2.54. The van der Waals surface area contributed by atoms with Gasteiger partial charge in [0.2, 0.25) is 7.37 Å². The molecule has 0 unspecified atom stereocenters. The van der Waals surface area contributed by atoms with Crippen LogP contribution in [0.2, 0.25) is 0 Å². The van der Waals surface area contributed by atoms with Crippen molar-refractivity contribution in [2.45, 2.75) is 20.3 Å². The normalized spacial score (nSPS) is 40.4. The van der Waals surface area contributed by atoms with Crippen molar-refractivity contribution in [1.82, 2.24) is 0 Å². The molecular weight excluding hydrogens is 147 g/mol. The zero-order valence-corrected chi connectivity index (χ0v) is 7.56. The molecule has 3 heteroatoms. The van der Waals surface area contributed by atoms with Crippen molar-refractivity contribution in [2.75, 3.05) is 18.9 Å². The van der Waals surface area contributed by atoms with Crippen LogP contribution >= 0.6 is 7.37 Å². The van der Waals surface area contributed by atoms with Crippen LogP contribution in [0.1, 0.15) is 20.3 Å². The molecule has 0 aromatic rings. The highest BCUT2D eigenvalue weighted by atomic mass is 31.2. The molecule has 2 atom stereocenters. The molecule has 0 spiro atoms. The standard InChI is InChI=1S/C7H15O2P/c1-3-9-10(8)5-4-7(2)6-10/h7H,3-6H2,1-2H3/t7-,10-/m1/s1. The van der Waals surface area contributed by atoms with E-state index >= 15 is 0 Å². The first-order valence-corrected chi connectivity index (χ1v) is 5.88. The summed E-state index contributed by atoms with van der Waals surface area (Å²) >= 11 is 0. The van der Waals surface area contributed by atoms with Gasteiger partial charge in [-0.15, -0.1) is 0 Å². The minimum atomic E-state index is -2.13. The maximum absolute atomic E-state index is 11.6. The number of rotatable bonds is 2. The maximum Gasteiger partial charge on any atom is 0.203 e. The van der Waals surface area contributed by atoms with E-state index in [0.29, 0.717) is 12.5 Å². The summed E-state index contributed by atoms with van der Waals surface area (Å²) in [7, 11) is -2.13. The van der Waals surface area contributed by atoms with Gasteiger partial charge in [0.05, 0.1) is 6.61 Å². The van der Waals surface area contributed by atoms with Gasteiger partial charge in [0, 0.05) is 12.3 Å². The molecule has 1 rings (SSSR count). The van der Waals surface area contributed by atoms with Crippen LogP contribution in [0.5, 0.6) is 0 Å². The van der Waals surface area contributed by atoms with Crippen molar-refractivity contribution >= 4 is 7.37 Å². The highest BCUT2D eigenvalue weighted by molar-refractivity contribution is 7.59. The van der Waals surface area contributed by atoms with E-state index in [0.717, 1.165) is 18.7 Å². The summed E-state index contributed by atoms with van der Waals surface area (Å²) < 4.78 is 16.8. The van der Waals surface area contributed by atoms with Crippen molar-refractivity contribution in [3.8, 4) is 0 Å². The molecule has 0 bridgehead atoms. The predicted octanol–water partition coefficient (Wildman–Crippen LogP) is 2.34. The lowest BCUT2D eigenvalue weighted by molar-refractivity contribution is 0.336. The van der Waals surface area contributed by atoms with Gasteiger partial charge in [-0.25, -0.2) is 0 Å². The molecule has 1 saturated heterocycles. The molecule has 0 aromatic carbocycles. The fourth-order valence-electron chi connectivity index (χ4n) is 1.43. The van der Waals surface area contributed by atoms with Crippen LogP contribution in [0.15, 0.2) is 0 Å². The van der Waals surface area contributed by atoms with Gasteiger partial charge in [0.15, 0.2) is 0 Å². The van der Waals surface area contributed by atoms with E-state index in [9.17, 15) is 4.57 Å². The molecule has 0 N–H and O–H groups in total. The fourth-order valence-corrected chi connectivity index (χ4v) is 4.28. The average molecular weight is 162 g/mol. The van der Waals surface area contributed by atoms with Crippen LogP contribution in [0.25, 0.3) is 0 Å². The first-order valence-electron chi connectivity index (χ1n) is 3.89. The molecule has 1 aliphatic rings. The molecule has 2 nitrogen and oxygen atoms in total. The van der Waals surface area contributed by atoms with Crippen molar-refractivity contribution in [1.29, 1.82) is 0 Å². The molecular formula is C7H15O2P. The van der Waals surface area contributed by atoms with E-state index < -0.39 is 7.37 Å². The van der Waals surface area contributed by atoms with Crippen molar-refractivity contribution < 1.29 is 9.09 Å². The molecule has 10 heavy (non-hydrogen) atoms. The summed E-state index contributed by atoms with van der Waals surface area (Å²) in [6.07, 6.45) is 2.69. The Labute approximate surface area is 62.4 Å². The largest absolute Gasteiger partial charge is 0.329 e. The zero-order valence-electron chi connectivity index (χ0n) is 6.67. The summed E-state index contributed by atoms with van der Waals surface area (Å²) in [5.74, 6) is 0.609. The molecule has 60 valence electrons. The minimum absolute atomic E-state index is 0.601. The molecule has 1 fully saturated rings. The molecule has 1 heterocycles. The fraction of sp³-hybridized carbons (Fsp3) is 1.00. The van der Waals surface area contributed by atoms with Crippen molar-refractivity contribution in [3.05, 3.63) is 0 Å². The smallest absolute Gasteiger partial charge is 0.203 e. The Morgan fingerprint density at radius 2 is 2.40 bits per heavy atom. The Bertz CT molecular complexity index is 150. The third kappa shape index (κ3) is 1.83. The van der Waals surface area contributed by atoms with Crippen molar-refractivity contribution in [3.63, 3.8) is 0 Å². The second-order valence-electron chi connectivity index (χ2n) is 3.03. The van der Waals surface area contributed by atoms with Gasteiger partial charge in [-0.3, -0.25) is 4.57 Å². The zero-order chi connectivity index (χ0) is 7.61. The van der Waals surface area contributed by atoms with Gasteiger partial charge in [0.1, 0.15) is 0 Å². The van der Waals surface area contributed by atoms with Crippen molar-refractivity contribution in [2.24, 2.45) is 5.92 Å². The lowest BCUT2D eigenvalue weighted by Gasteiger charge is -2.09. The number of hydrogen-bond donors (Lipinski definition) is 0. The SMILES string of the molecule is CCO[P@]1(=O)CC[C@@H](C)C1. The molecule has 0 aromatic heterocycles. The Morgan fingerprint density at radius 3 is 2.80 bits per heavy atom. The van der Waals surface area contributed by atoms with Gasteiger partial charge in [-0.2, -0.15) is 0 Å². The number of hydrogen-bond acceptors (Lipinski definition) is 2. The van der Waals surface area contributed by atoms with E-state index in [-0.39, 0.29) is 0 Å². The van der Waals surface area contributed by atoms with E-state index in [4.69, 9.17) is 4.52 Å². The maximum atomic E-state index is 11.6. The van der Waals surface area contributed by atoms with E-state index in [1.165, 1.54) is 0 Å². The monoisotopic (exact) mass is 162 g/mol. The Kier molecular flexibility index (Phi) is 2.54. The van der Waals surface area contributed by atoms with E-state index in [2.05, 4.69) is 6.92 Å².